The van der Waals surface area contributed by atoms with Crippen molar-refractivity contribution < 1.29 is 9.21 Å². The average molecular weight is 521 g/mol. The van der Waals surface area contributed by atoms with Crippen LogP contribution in [-0.4, -0.2) is 22.0 Å². The summed E-state index contributed by atoms with van der Waals surface area (Å²) in [6.45, 7) is 2.06. The highest BCUT2D eigenvalue weighted by atomic mass is 79.9. The number of hydrogen-bond acceptors (Lipinski definition) is 4. The van der Waals surface area contributed by atoms with Crippen LogP contribution in [0, 0.1) is 6.92 Å². The molecule has 1 amide bonds. The lowest BCUT2D eigenvalue weighted by Gasteiger charge is -2.30. The average Bonchev–Trinajstić information content (AvgIpc) is 3.40. The van der Waals surface area contributed by atoms with Crippen molar-refractivity contribution in [1.29, 1.82) is 0 Å². The number of aryl methyl sites for hydroxylation is 1. The molecule has 168 valence electrons. The molecule has 1 saturated carbocycles. The third-order valence-electron chi connectivity index (χ3n) is 6.05. The predicted octanol–water partition coefficient (Wildman–Crippen LogP) is 7.95. The Balaban J connectivity index is 1.46. The van der Waals surface area contributed by atoms with Gasteiger partial charge < -0.3 is 4.42 Å². The number of carbonyl (C=O) groups excluding carboxylic acids is 1. The fourth-order valence-electron chi connectivity index (χ4n) is 4.36. The van der Waals surface area contributed by atoms with Crippen LogP contribution in [0.25, 0.3) is 17.4 Å². The molecule has 5 rings (SSSR count). The number of aliphatic imine (C=N–C) groups is 1. The Morgan fingerprint density at radius 3 is 2.61 bits per heavy atom. The van der Waals surface area contributed by atoms with Crippen molar-refractivity contribution in [2.45, 2.75) is 45.1 Å². The monoisotopic (exact) mass is 520 g/mol. The van der Waals surface area contributed by atoms with Gasteiger partial charge in [-0.1, -0.05) is 59.5 Å². The van der Waals surface area contributed by atoms with E-state index in [9.17, 15) is 4.79 Å². The number of para-hydroxylation sites is 1. The standard InChI is InChI=1S/C27H25BrN2O2S/c1-18-12-14-22(23(28)16-18)24-15-13-21(32-24)17-25-26(31)30(20-10-6-3-7-11-20)27(33-25)29-19-8-4-2-5-9-19/h2,4-5,8-9,12-17,20H,3,6-7,10-11H2,1H3/b25-17-,29-27?. The first kappa shape index (κ1) is 22.2. The van der Waals surface area contributed by atoms with Crippen LogP contribution in [0.5, 0.6) is 0 Å². The van der Waals surface area contributed by atoms with Gasteiger partial charge in [0.2, 0.25) is 0 Å². The molecular formula is C27H25BrN2O2S. The van der Waals surface area contributed by atoms with Gasteiger partial charge in [0.1, 0.15) is 11.5 Å². The Morgan fingerprint density at radius 2 is 1.85 bits per heavy atom. The molecule has 33 heavy (non-hydrogen) atoms. The fraction of sp³-hybridized carbons (Fsp3) is 0.259. The topological polar surface area (TPSA) is 45.8 Å². The predicted molar refractivity (Wildman–Crippen MR) is 139 cm³/mol. The van der Waals surface area contributed by atoms with Crippen LogP contribution in [0.2, 0.25) is 0 Å². The first-order valence-corrected chi connectivity index (χ1v) is 12.9. The van der Waals surface area contributed by atoms with Gasteiger partial charge in [0, 0.05) is 22.2 Å². The Bertz CT molecular complexity index is 1230. The van der Waals surface area contributed by atoms with Crippen molar-refractivity contribution in [2.24, 2.45) is 4.99 Å². The number of carbonyl (C=O) groups is 1. The fourth-order valence-corrected chi connectivity index (χ4v) is 6.09. The molecule has 1 aliphatic heterocycles. The summed E-state index contributed by atoms with van der Waals surface area (Å²) in [4.78, 5) is 20.9. The Labute approximate surface area is 206 Å². The molecule has 0 N–H and O–H groups in total. The first-order valence-electron chi connectivity index (χ1n) is 11.3. The number of amides is 1. The minimum atomic E-state index is 0.0241. The van der Waals surface area contributed by atoms with Gasteiger partial charge in [0.25, 0.3) is 5.91 Å². The molecular weight excluding hydrogens is 496 g/mol. The number of benzene rings is 2. The quantitative estimate of drug-likeness (QED) is 0.327. The van der Waals surface area contributed by atoms with Crippen LogP contribution in [0.15, 0.2) is 79.5 Å². The Hall–Kier alpha value is -2.57. The number of nitrogens with zero attached hydrogens (tertiary/aromatic N) is 2. The lowest BCUT2D eigenvalue weighted by atomic mass is 9.94. The van der Waals surface area contributed by atoms with Gasteiger partial charge in [-0.05, 0) is 73.5 Å². The SMILES string of the molecule is Cc1ccc(-c2ccc(/C=C3\SC(=Nc4ccccc4)N(C4CCCCC4)C3=O)o2)c(Br)c1. The van der Waals surface area contributed by atoms with Crippen molar-refractivity contribution >= 4 is 50.5 Å². The van der Waals surface area contributed by atoms with Gasteiger partial charge >= 0.3 is 0 Å². The molecule has 3 aromatic rings. The van der Waals surface area contributed by atoms with Gasteiger partial charge in [-0.25, -0.2) is 4.99 Å². The molecule has 4 nitrogen and oxygen atoms in total. The van der Waals surface area contributed by atoms with E-state index in [0.717, 1.165) is 52.3 Å². The Kier molecular flexibility index (Phi) is 6.56. The van der Waals surface area contributed by atoms with Crippen LogP contribution in [-0.2, 0) is 4.79 Å². The molecule has 0 unspecified atom stereocenters. The van der Waals surface area contributed by atoms with E-state index in [4.69, 9.17) is 9.41 Å². The van der Waals surface area contributed by atoms with E-state index in [1.807, 2.05) is 59.5 Å². The van der Waals surface area contributed by atoms with E-state index in [1.165, 1.54) is 23.7 Å². The molecule has 1 aromatic heterocycles. The lowest BCUT2D eigenvalue weighted by Crippen LogP contribution is -2.40. The van der Waals surface area contributed by atoms with Gasteiger partial charge in [-0.15, -0.1) is 0 Å². The molecule has 2 heterocycles. The highest BCUT2D eigenvalue weighted by Gasteiger charge is 2.38. The molecule has 0 radical (unpaired) electrons. The normalized spacial score (nSPS) is 19.7. The summed E-state index contributed by atoms with van der Waals surface area (Å²) >= 11 is 5.06. The Morgan fingerprint density at radius 1 is 1.06 bits per heavy atom. The number of thioether (sulfide) groups is 1. The molecule has 2 aliphatic rings. The zero-order valence-electron chi connectivity index (χ0n) is 18.5. The summed E-state index contributed by atoms with van der Waals surface area (Å²) in [5.74, 6) is 1.46. The van der Waals surface area contributed by atoms with E-state index in [2.05, 4.69) is 35.0 Å². The molecule has 6 heteroatoms. The van der Waals surface area contributed by atoms with E-state index >= 15 is 0 Å². The zero-order valence-corrected chi connectivity index (χ0v) is 20.9. The van der Waals surface area contributed by atoms with E-state index in [0.29, 0.717) is 10.7 Å². The molecule has 1 saturated heterocycles. The maximum Gasteiger partial charge on any atom is 0.267 e. The molecule has 0 bridgehead atoms. The van der Waals surface area contributed by atoms with Crippen molar-refractivity contribution in [2.75, 3.05) is 0 Å². The van der Waals surface area contributed by atoms with Crippen LogP contribution < -0.4 is 0 Å². The van der Waals surface area contributed by atoms with Gasteiger partial charge in [-0.2, -0.15) is 0 Å². The van der Waals surface area contributed by atoms with Gasteiger partial charge in [-0.3, -0.25) is 9.69 Å². The maximum atomic E-state index is 13.5. The third kappa shape index (κ3) is 4.87. The van der Waals surface area contributed by atoms with Crippen LogP contribution >= 0.6 is 27.7 Å². The molecule has 0 atom stereocenters. The van der Waals surface area contributed by atoms with E-state index < -0.39 is 0 Å². The zero-order chi connectivity index (χ0) is 22.8. The molecule has 2 fully saturated rings. The number of rotatable bonds is 4. The summed E-state index contributed by atoms with van der Waals surface area (Å²) in [5.41, 5.74) is 3.03. The first-order chi connectivity index (χ1) is 16.1. The minimum absolute atomic E-state index is 0.0241. The number of furan rings is 1. The molecule has 0 spiro atoms. The second-order valence-corrected chi connectivity index (χ2v) is 10.4. The molecule has 2 aromatic carbocycles. The third-order valence-corrected chi connectivity index (χ3v) is 7.69. The maximum absolute atomic E-state index is 13.5. The second-order valence-electron chi connectivity index (χ2n) is 8.49. The largest absolute Gasteiger partial charge is 0.457 e. The second kappa shape index (κ2) is 9.74. The summed E-state index contributed by atoms with van der Waals surface area (Å²) < 4.78 is 7.09. The van der Waals surface area contributed by atoms with Crippen LogP contribution in [0.4, 0.5) is 5.69 Å². The molecule has 1 aliphatic carbocycles. The van der Waals surface area contributed by atoms with Gasteiger partial charge in [0.05, 0.1) is 10.6 Å². The number of hydrogen-bond donors (Lipinski definition) is 0. The van der Waals surface area contributed by atoms with Gasteiger partial charge in [0.15, 0.2) is 5.17 Å². The van der Waals surface area contributed by atoms with Crippen LogP contribution in [0.3, 0.4) is 0 Å². The minimum Gasteiger partial charge on any atom is -0.457 e. The highest BCUT2D eigenvalue weighted by Crippen LogP contribution is 2.39. The summed E-state index contributed by atoms with van der Waals surface area (Å²) in [7, 11) is 0. The summed E-state index contributed by atoms with van der Waals surface area (Å²) in [6, 6.07) is 20.1. The van der Waals surface area contributed by atoms with Crippen molar-refractivity contribution in [1.82, 2.24) is 4.90 Å². The summed E-state index contributed by atoms with van der Waals surface area (Å²) in [6.07, 6.45) is 7.46. The van der Waals surface area contributed by atoms with E-state index in [-0.39, 0.29) is 11.9 Å². The number of amidine groups is 1. The smallest absolute Gasteiger partial charge is 0.267 e. The van der Waals surface area contributed by atoms with Crippen LogP contribution in [0.1, 0.15) is 43.4 Å². The van der Waals surface area contributed by atoms with Crippen molar-refractivity contribution in [3.63, 3.8) is 0 Å². The highest BCUT2D eigenvalue weighted by molar-refractivity contribution is 9.10. The van der Waals surface area contributed by atoms with E-state index in [1.54, 1.807) is 0 Å². The lowest BCUT2D eigenvalue weighted by molar-refractivity contribution is -0.124. The van der Waals surface area contributed by atoms with Crippen molar-refractivity contribution in [3.05, 3.63) is 81.4 Å². The summed E-state index contributed by atoms with van der Waals surface area (Å²) in [5, 5.41) is 0.761. The number of halogens is 1. The van der Waals surface area contributed by atoms with Crippen molar-refractivity contribution in [3.8, 4) is 11.3 Å².